The molecule has 0 radical (unpaired) electrons. The summed E-state index contributed by atoms with van der Waals surface area (Å²) in [5.41, 5.74) is 14.3. The Kier molecular flexibility index (Phi) is 8.96. The van der Waals surface area contributed by atoms with Crippen LogP contribution in [0.1, 0.15) is 70.4 Å². The molecule has 6 heteroatoms. The SMILES string of the molecule is CCCC1CCC(C(=O)Oc2ccc(C=CC(=O)OCC(C)(C)c3ccc(N)cc3N)cc2)CC1. The molecule has 2 aromatic rings. The lowest BCUT2D eigenvalue weighted by atomic mass is 9.80. The average molecular weight is 479 g/mol. The normalized spacial score (nSPS) is 18.4. The van der Waals surface area contributed by atoms with E-state index in [2.05, 4.69) is 6.92 Å². The quantitative estimate of drug-likeness (QED) is 0.201. The summed E-state index contributed by atoms with van der Waals surface area (Å²) in [6.07, 6.45) is 9.55. The number of nitrogens with two attached hydrogens (primary N) is 2. The summed E-state index contributed by atoms with van der Waals surface area (Å²) < 4.78 is 11.0. The lowest BCUT2D eigenvalue weighted by molar-refractivity contribution is -0.140. The first-order valence-corrected chi connectivity index (χ1v) is 12.5. The molecule has 0 heterocycles. The minimum Gasteiger partial charge on any atom is -0.462 e. The van der Waals surface area contributed by atoms with Gasteiger partial charge in [0.1, 0.15) is 12.4 Å². The highest BCUT2D eigenvalue weighted by Gasteiger charge is 2.27. The predicted octanol–water partition coefficient (Wildman–Crippen LogP) is 5.90. The predicted molar refractivity (Wildman–Crippen MR) is 141 cm³/mol. The van der Waals surface area contributed by atoms with E-state index in [4.69, 9.17) is 20.9 Å². The molecule has 0 amide bonds. The van der Waals surface area contributed by atoms with Gasteiger partial charge in [0, 0.05) is 22.9 Å². The van der Waals surface area contributed by atoms with Crippen molar-refractivity contribution in [2.24, 2.45) is 11.8 Å². The van der Waals surface area contributed by atoms with Crippen LogP contribution in [-0.4, -0.2) is 18.5 Å². The van der Waals surface area contributed by atoms with Gasteiger partial charge in [-0.15, -0.1) is 0 Å². The molecule has 1 saturated carbocycles. The van der Waals surface area contributed by atoms with E-state index < -0.39 is 11.4 Å². The third-order valence-corrected chi connectivity index (χ3v) is 6.77. The number of nitrogen functional groups attached to an aromatic ring is 2. The lowest BCUT2D eigenvalue weighted by Crippen LogP contribution is -2.27. The Morgan fingerprint density at radius 3 is 2.34 bits per heavy atom. The molecule has 1 aliphatic carbocycles. The number of benzene rings is 2. The second-order valence-corrected chi connectivity index (χ2v) is 10.2. The van der Waals surface area contributed by atoms with Crippen molar-refractivity contribution < 1.29 is 19.1 Å². The Labute approximate surface area is 208 Å². The highest BCUT2D eigenvalue weighted by Crippen LogP contribution is 2.33. The number of hydrogen-bond donors (Lipinski definition) is 2. The summed E-state index contributed by atoms with van der Waals surface area (Å²) in [5, 5.41) is 0. The smallest absolute Gasteiger partial charge is 0.330 e. The van der Waals surface area contributed by atoms with Gasteiger partial charge in [-0.05, 0) is 73.1 Å². The van der Waals surface area contributed by atoms with Crippen LogP contribution in [-0.2, 0) is 19.7 Å². The van der Waals surface area contributed by atoms with E-state index in [9.17, 15) is 9.59 Å². The first-order valence-electron chi connectivity index (χ1n) is 12.5. The minimum atomic E-state index is -0.456. The van der Waals surface area contributed by atoms with Crippen LogP contribution in [0.3, 0.4) is 0 Å². The van der Waals surface area contributed by atoms with Gasteiger partial charge in [-0.1, -0.05) is 51.8 Å². The number of anilines is 2. The van der Waals surface area contributed by atoms with Crippen LogP contribution in [0.4, 0.5) is 11.4 Å². The number of hydrogen-bond acceptors (Lipinski definition) is 6. The van der Waals surface area contributed by atoms with Crippen molar-refractivity contribution in [3.8, 4) is 5.75 Å². The first-order chi connectivity index (χ1) is 16.7. The van der Waals surface area contributed by atoms with Gasteiger partial charge in [-0.2, -0.15) is 0 Å². The van der Waals surface area contributed by atoms with E-state index in [0.29, 0.717) is 17.1 Å². The Bertz CT molecular complexity index is 1040. The van der Waals surface area contributed by atoms with Crippen molar-refractivity contribution in [2.75, 3.05) is 18.1 Å². The molecule has 35 heavy (non-hydrogen) atoms. The zero-order chi connectivity index (χ0) is 25.4. The average Bonchev–Trinajstić information content (AvgIpc) is 2.83. The Balaban J connectivity index is 1.47. The first kappa shape index (κ1) is 26.3. The second kappa shape index (κ2) is 11.9. The molecular formula is C29H38N2O4. The van der Waals surface area contributed by atoms with E-state index in [-0.39, 0.29) is 18.5 Å². The summed E-state index contributed by atoms with van der Waals surface area (Å²) in [6, 6.07) is 12.5. The van der Waals surface area contributed by atoms with Gasteiger partial charge in [0.2, 0.25) is 0 Å². The fourth-order valence-corrected chi connectivity index (χ4v) is 4.68. The van der Waals surface area contributed by atoms with Gasteiger partial charge < -0.3 is 20.9 Å². The van der Waals surface area contributed by atoms with Gasteiger partial charge in [0.25, 0.3) is 0 Å². The largest absolute Gasteiger partial charge is 0.462 e. The standard InChI is InChI=1S/C29H38N2O4/c1-4-5-20-6-11-22(12-7-20)28(33)35-24-14-8-21(9-15-24)10-17-27(32)34-19-29(2,3)25-16-13-23(30)18-26(25)31/h8-10,13-18,20,22H,4-7,11-12,19,30-31H2,1-3H3. The molecule has 0 bridgehead atoms. The van der Waals surface area contributed by atoms with Gasteiger partial charge in [0.05, 0.1) is 5.92 Å². The number of carbonyl (C=O) groups is 2. The van der Waals surface area contributed by atoms with E-state index in [1.165, 1.54) is 18.9 Å². The van der Waals surface area contributed by atoms with Gasteiger partial charge in [-0.3, -0.25) is 4.79 Å². The van der Waals surface area contributed by atoms with Crippen molar-refractivity contribution in [1.29, 1.82) is 0 Å². The number of esters is 2. The molecular weight excluding hydrogens is 440 g/mol. The molecule has 0 spiro atoms. The number of rotatable bonds is 9. The maximum absolute atomic E-state index is 12.5. The monoisotopic (exact) mass is 478 g/mol. The van der Waals surface area contributed by atoms with E-state index >= 15 is 0 Å². The Hall–Kier alpha value is -3.28. The number of carbonyl (C=O) groups excluding carboxylic acids is 2. The molecule has 4 N–H and O–H groups in total. The summed E-state index contributed by atoms with van der Waals surface area (Å²) in [5.74, 6) is 0.680. The molecule has 1 aliphatic rings. The van der Waals surface area contributed by atoms with Gasteiger partial charge >= 0.3 is 11.9 Å². The van der Waals surface area contributed by atoms with E-state index in [1.807, 2.05) is 32.0 Å². The van der Waals surface area contributed by atoms with Gasteiger partial charge in [-0.25, -0.2) is 4.79 Å². The molecule has 0 aromatic heterocycles. The summed E-state index contributed by atoms with van der Waals surface area (Å²) in [6.45, 7) is 6.31. The maximum atomic E-state index is 12.5. The fraction of sp³-hybridized carbons (Fsp3) is 0.448. The van der Waals surface area contributed by atoms with Crippen molar-refractivity contribution in [2.45, 2.75) is 64.7 Å². The van der Waals surface area contributed by atoms with Crippen molar-refractivity contribution in [3.05, 3.63) is 59.7 Å². The summed E-state index contributed by atoms with van der Waals surface area (Å²) >= 11 is 0. The second-order valence-electron chi connectivity index (χ2n) is 10.2. The maximum Gasteiger partial charge on any atom is 0.330 e. The van der Waals surface area contributed by atoms with Crippen molar-refractivity contribution in [3.63, 3.8) is 0 Å². The lowest BCUT2D eigenvalue weighted by Gasteiger charge is -2.26. The van der Waals surface area contributed by atoms with Crippen LogP contribution in [0, 0.1) is 11.8 Å². The molecule has 0 saturated heterocycles. The molecule has 188 valence electrons. The topological polar surface area (TPSA) is 105 Å². The summed E-state index contributed by atoms with van der Waals surface area (Å²) in [7, 11) is 0. The highest BCUT2D eigenvalue weighted by molar-refractivity contribution is 5.87. The highest BCUT2D eigenvalue weighted by atomic mass is 16.5. The van der Waals surface area contributed by atoms with Crippen LogP contribution < -0.4 is 16.2 Å². The van der Waals surface area contributed by atoms with Gasteiger partial charge in [0.15, 0.2) is 0 Å². The van der Waals surface area contributed by atoms with E-state index in [1.54, 1.807) is 30.3 Å². The Morgan fingerprint density at radius 1 is 1.03 bits per heavy atom. The van der Waals surface area contributed by atoms with Crippen molar-refractivity contribution in [1.82, 2.24) is 0 Å². The third kappa shape index (κ3) is 7.61. The summed E-state index contributed by atoms with van der Waals surface area (Å²) in [4.78, 5) is 24.8. The molecule has 2 aromatic carbocycles. The third-order valence-electron chi connectivity index (χ3n) is 6.77. The fourth-order valence-electron chi connectivity index (χ4n) is 4.68. The Morgan fingerprint density at radius 2 is 1.71 bits per heavy atom. The van der Waals surface area contributed by atoms with Crippen LogP contribution in [0.25, 0.3) is 6.08 Å². The van der Waals surface area contributed by atoms with Crippen LogP contribution in [0.15, 0.2) is 48.5 Å². The van der Waals surface area contributed by atoms with E-state index in [0.717, 1.165) is 42.7 Å². The zero-order valence-corrected chi connectivity index (χ0v) is 21.1. The van der Waals surface area contributed by atoms with Crippen molar-refractivity contribution >= 4 is 29.4 Å². The molecule has 0 atom stereocenters. The van der Waals surface area contributed by atoms with Crippen LogP contribution in [0.5, 0.6) is 5.75 Å². The minimum absolute atomic E-state index is 0.00899. The molecule has 0 unspecified atom stereocenters. The molecule has 6 nitrogen and oxygen atoms in total. The molecule has 0 aliphatic heterocycles. The zero-order valence-electron chi connectivity index (χ0n) is 21.1. The van der Waals surface area contributed by atoms with Crippen LogP contribution in [0.2, 0.25) is 0 Å². The number of ether oxygens (including phenoxy) is 2. The molecule has 1 fully saturated rings. The van der Waals surface area contributed by atoms with Crippen LogP contribution >= 0.6 is 0 Å². The molecule has 3 rings (SSSR count).